The van der Waals surface area contributed by atoms with Gasteiger partial charge in [0.1, 0.15) is 12.1 Å². The van der Waals surface area contributed by atoms with Gasteiger partial charge in [0.15, 0.2) is 22.9 Å². The summed E-state index contributed by atoms with van der Waals surface area (Å²) >= 11 is 6.25. The number of carbonyl (C=O) groups is 11. The third kappa shape index (κ3) is 26.6. The zero-order valence-corrected chi connectivity index (χ0v) is 42.6. The van der Waals surface area contributed by atoms with Crippen molar-refractivity contribution < 1.29 is 77.9 Å². The van der Waals surface area contributed by atoms with Crippen LogP contribution in [-0.2, 0) is 70.3 Å². The number of carbonyl (C=O) groups excluding carboxylic acids is 7. The van der Waals surface area contributed by atoms with Crippen LogP contribution in [0.1, 0.15) is 88.2 Å². The van der Waals surface area contributed by atoms with E-state index < -0.39 is 121 Å². The lowest BCUT2D eigenvalue weighted by Gasteiger charge is -2.23. The largest absolute Gasteiger partial charge is 0.481 e. The number of carboxylic acid groups (broad SMARTS) is 4. The van der Waals surface area contributed by atoms with Gasteiger partial charge in [0.25, 0.3) is 6.47 Å². The van der Waals surface area contributed by atoms with Crippen molar-refractivity contribution in [2.45, 2.75) is 120 Å². The van der Waals surface area contributed by atoms with Crippen LogP contribution in [0.2, 0.25) is 0 Å². The fourth-order valence-corrected chi connectivity index (χ4v) is 8.24. The maximum atomic E-state index is 14.1. The highest BCUT2D eigenvalue weighted by Crippen LogP contribution is 2.18. The van der Waals surface area contributed by atoms with Crippen molar-refractivity contribution in [3.63, 3.8) is 0 Å². The molecule has 4 amide bonds. The lowest BCUT2D eigenvalue weighted by molar-refractivity contribution is -0.144. The summed E-state index contributed by atoms with van der Waals surface area (Å²) in [5.41, 5.74) is 7.54. The summed E-state index contributed by atoms with van der Waals surface area (Å²) in [5, 5.41) is 52.6. The average molecular weight is 1070 g/mol. The molecule has 0 aliphatic heterocycles. The average Bonchev–Trinajstić information content (AvgIpc) is 3.35. The summed E-state index contributed by atoms with van der Waals surface area (Å²) in [6.07, 6.45) is 0.519. The molecule has 0 aliphatic carbocycles. The second kappa shape index (κ2) is 35.2. The van der Waals surface area contributed by atoms with Gasteiger partial charge < -0.3 is 62.8 Å². The Morgan fingerprint density at radius 3 is 1.81 bits per heavy atom. The molecule has 12 N–H and O–H groups in total. The molecule has 0 spiro atoms. The van der Waals surface area contributed by atoms with Crippen LogP contribution < -0.4 is 37.6 Å². The molecular weight excluding hydrogens is 1010 g/mol. The van der Waals surface area contributed by atoms with Crippen molar-refractivity contribution in [3.8, 4) is 0 Å². The van der Waals surface area contributed by atoms with Gasteiger partial charge in [-0.05, 0) is 61.7 Å². The standard InChI is InChI=1S/C49H67N7O16S2/c1-74-28-33(47(68)69)25-39(59)37(26-44(64)65)54-46(67)34(50)27-52-45(66)32(22-30-12-6-4-7-13-30)24-38(58)36(23-31-14-8-5-9-15-31)53-41(61)16-10-2-3-11-21-51-40(60)18-17-35(48(70)71)55-49(73)56-42(72-29-57)19-20-43(62)63/h4-9,12-15,29,32-37,42H,2-3,10-11,16-28,50H2,1H3,(H,51,60)(H,52,66)(H,53,61)(H,54,67)(H,62,63)(H,64,65)(H,68,69)(H,70,71)(H2,55,56,73)/t32-,33+,34+,35+,36+,37+,42-/m1/s1. The molecule has 23 nitrogen and oxygen atoms in total. The van der Waals surface area contributed by atoms with E-state index in [-0.39, 0.29) is 75.2 Å². The number of thiocarbonyl (C=S) groups is 1. The van der Waals surface area contributed by atoms with Crippen molar-refractivity contribution in [2.24, 2.45) is 17.6 Å². The Morgan fingerprint density at radius 2 is 1.23 bits per heavy atom. The van der Waals surface area contributed by atoms with E-state index in [1.807, 2.05) is 0 Å². The smallest absolute Gasteiger partial charge is 0.326 e. The first-order chi connectivity index (χ1) is 35.2. The molecule has 0 saturated heterocycles. The van der Waals surface area contributed by atoms with Crippen LogP contribution in [0.4, 0.5) is 0 Å². The van der Waals surface area contributed by atoms with E-state index in [9.17, 15) is 68.1 Å². The minimum Gasteiger partial charge on any atom is -0.481 e. The van der Waals surface area contributed by atoms with Gasteiger partial charge in [-0.25, -0.2) is 4.79 Å². The number of thioether (sulfide) groups is 1. The topological polar surface area (TPSA) is 376 Å². The Morgan fingerprint density at radius 1 is 0.622 bits per heavy atom. The van der Waals surface area contributed by atoms with Crippen LogP contribution >= 0.6 is 24.0 Å². The first-order valence-corrected chi connectivity index (χ1v) is 25.6. The zero-order chi connectivity index (χ0) is 55.0. The number of benzene rings is 2. The molecule has 0 bridgehead atoms. The number of Topliss-reactive ketones (excluding diaryl/α,β-unsaturated/α-hetero) is 2. The van der Waals surface area contributed by atoms with E-state index in [1.54, 1.807) is 66.9 Å². The van der Waals surface area contributed by atoms with Crippen LogP contribution in [0, 0.1) is 11.8 Å². The van der Waals surface area contributed by atoms with E-state index in [0.29, 0.717) is 31.2 Å². The molecule has 406 valence electrons. The maximum absolute atomic E-state index is 14.1. The third-order valence-electron chi connectivity index (χ3n) is 11.3. The molecule has 2 rings (SSSR count). The van der Waals surface area contributed by atoms with Crippen LogP contribution in [0.5, 0.6) is 0 Å². The predicted octanol–water partition coefficient (Wildman–Crippen LogP) is 1.09. The number of nitrogens with one attached hydrogen (secondary N) is 6. The number of ketones is 2. The minimum atomic E-state index is -1.58. The van der Waals surface area contributed by atoms with E-state index >= 15 is 0 Å². The Labute approximate surface area is 437 Å². The van der Waals surface area contributed by atoms with E-state index in [4.69, 9.17) is 27.8 Å². The molecule has 0 fully saturated rings. The maximum Gasteiger partial charge on any atom is 0.326 e. The number of hydrogen-bond donors (Lipinski definition) is 11. The zero-order valence-electron chi connectivity index (χ0n) is 41.0. The minimum absolute atomic E-state index is 0.0670. The lowest BCUT2D eigenvalue weighted by Crippen LogP contribution is -2.53. The number of aliphatic carboxylic acids is 4. The van der Waals surface area contributed by atoms with Crippen LogP contribution in [0.15, 0.2) is 60.7 Å². The molecule has 2 aromatic carbocycles. The summed E-state index contributed by atoms with van der Waals surface area (Å²) in [5.74, 6) is -10.9. The number of nitrogens with two attached hydrogens (primary N) is 1. The van der Waals surface area contributed by atoms with E-state index in [0.717, 1.165) is 5.56 Å². The summed E-state index contributed by atoms with van der Waals surface area (Å²) in [6, 6.07) is 12.4. The Balaban J connectivity index is 1.99. The summed E-state index contributed by atoms with van der Waals surface area (Å²) in [7, 11) is 0. The Hall–Kier alpha value is -6.99. The molecule has 0 saturated carbocycles. The highest BCUT2D eigenvalue weighted by molar-refractivity contribution is 7.98. The van der Waals surface area contributed by atoms with Gasteiger partial charge in [-0.1, -0.05) is 73.5 Å². The van der Waals surface area contributed by atoms with Crippen molar-refractivity contribution in [1.82, 2.24) is 31.9 Å². The molecule has 0 heterocycles. The monoisotopic (exact) mass is 1070 g/mol. The fourth-order valence-electron chi connectivity index (χ4n) is 7.31. The molecule has 0 radical (unpaired) electrons. The second-order valence-electron chi connectivity index (χ2n) is 17.3. The normalized spacial score (nSPS) is 13.6. The molecule has 0 aromatic heterocycles. The van der Waals surface area contributed by atoms with Crippen molar-refractivity contribution >= 4 is 94.6 Å². The van der Waals surface area contributed by atoms with Gasteiger partial charge >= 0.3 is 23.9 Å². The SMILES string of the molecule is CSC[C@H](CC(=O)[C@H](CC(=O)O)NC(=O)[C@@H](N)CNC(=O)[C@@H](CC(=O)[C@H](Cc1ccccc1)NC(=O)CCCCCCNC(=O)CC[C@H](NC(=S)N[C@@H](CCC(=O)O)OC=O)C(=O)O)Cc1ccccc1)C(=O)O. The van der Waals surface area contributed by atoms with Crippen molar-refractivity contribution in [2.75, 3.05) is 25.1 Å². The number of carboxylic acids is 4. The van der Waals surface area contributed by atoms with Crippen LogP contribution in [-0.4, -0.2) is 147 Å². The van der Waals surface area contributed by atoms with Gasteiger partial charge in [-0.15, -0.1) is 0 Å². The molecule has 7 atom stereocenters. The van der Waals surface area contributed by atoms with Gasteiger partial charge in [-0.3, -0.25) is 47.9 Å². The third-order valence-corrected chi connectivity index (χ3v) is 12.3. The predicted molar refractivity (Wildman–Crippen MR) is 273 cm³/mol. The van der Waals surface area contributed by atoms with Gasteiger partial charge in [0, 0.05) is 56.9 Å². The van der Waals surface area contributed by atoms with Gasteiger partial charge in [0.05, 0.1) is 30.8 Å². The highest BCUT2D eigenvalue weighted by Gasteiger charge is 2.32. The molecular formula is C49H67N7O16S2. The molecule has 0 aliphatic rings. The fraction of sp³-hybridized carbons (Fsp3) is 0.510. The number of ether oxygens (including phenoxy) is 1. The van der Waals surface area contributed by atoms with Crippen LogP contribution in [0.3, 0.4) is 0 Å². The summed E-state index contributed by atoms with van der Waals surface area (Å²) in [4.78, 5) is 136. The van der Waals surface area contributed by atoms with Gasteiger partial charge in [-0.2, -0.15) is 11.8 Å². The van der Waals surface area contributed by atoms with Gasteiger partial charge in [0.2, 0.25) is 23.6 Å². The van der Waals surface area contributed by atoms with Crippen LogP contribution in [0.25, 0.3) is 0 Å². The van der Waals surface area contributed by atoms with Crippen molar-refractivity contribution in [3.05, 3.63) is 71.8 Å². The lowest BCUT2D eigenvalue weighted by atomic mass is 9.89. The van der Waals surface area contributed by atoms with E-state index in [2.05, 4.69) is 31.9 Å². The second-order valence-corrected chi connectivity index (χ2v) is 18.6. The summed E-state index contributed by atoms with van der Waals surface area (Å²) in [6.45, 7) is -0.101. The van der Waals surface area contributed by atoms with E-state index in [1.165, 1.54) is 11.8 Å². The first-order valence-electron chi connectivity index (χ1n) is 23.8. The number of amides is 4. The number of unbranched alkanes of at least 4 members (excludes halogenated alkanes) is 3. The Bertz CT molecular complexity index is 2210. The summed E-state index contributed by atoms with van der Waals surface area (Å²) < 4.78 is 4.74. The number of rotatable bonds is 39. The molecule has 0 unspecified atom stereocenters. The highest BCUT2D eigenvalue weighted by atomic mass is 32.2. The molecule has 25 heteroatoms. The molecule has 74 heavy (non-hydrogen) atoms. The number of hydrogen-bond acceptors (Lipinski definition) is 15. The quantitative estimate of drug-likeness (QED) is 0.0193. The van der Waals surface area contributed by atoms with Crippen molar-refractivity contribution in [1.29, 1.82) is 0 Å². The molecule has 2 aromatic rings. The Kier molecular flexibility index (Phi) is 30.0. The first kappa shape index (κ1) is 63.1.